The summed E-state index contributed by atoms with van der Waals surface area (Å²) in [7, 11) is -3.89. The molecule has 8 heteroatoms. The van der Waals surface area contributed by atoms with E-state index in [1.165, 1.54) is 42.8 Å². The van der Waals surface area contributed by atoms with Gasteiger partial charge in [0.1, 0.15) is 11.6 Å². The summed E-state index contributed by atoms with van der Waals surface area (Å²) in [6.07, 6.45) is 2.99. The van der Waals surface area contributed by atoms with Crippen LogP contribution in [0.3, 0.4) is 0 Å². The van der Waals surface area contributed by atoms with Gasteiger partial charge < -0.3 is 4.74 Å². The highest BCUT2D eigenvalue weighted by molar-refractivity contribution is 7.89. The summed E-state index contributed by atoms with van der Waals surface area (Å²) in [4.78, 5) is 14.3. The molecule has 0 heterocycles. The highest BCUT2D eigenvalue weighted by Gasteiger charge is 2.21. The van der Waals surface area contributed by atoms with E-state index in [4.69, 9.17) is 4.74 Å². The molecule has 0 saturated carbocycles. The fraction of sp³-hybridized carbons (Fsp3) is 0.316. The number of carbonyl (C=O) groups is 1. The van der Waals surface area contributed by atoms with E-state index in [0.29, 0.717) is 5.75 Å². The second-order valence-electron chi connectivity index (χ2n) is 6.45. The van der Waals surface area contributed by atoms with Crippen molar-refractivity contribution in [3.63, 3.8) is 0 Å². The number of amides is 1. The number of hydrazine groups is 1. The van der Waals surface area contributed by atoms with Gasteiger partial charge in [-0.25, -0.2) is 12.8 Å². The number of fused-ring (bicyclic) bond motifs is 1. The maximum Gasteiger partial charge on any atom is 0.275 e. The molecule has 2 aromatic carbocycles. The van der Waals surface area contributed by atoms with Gasteiger partial charge in [-0.05, 0) is 80.1 Å². The van der Waals surface area contributed by atoms with Crippen molar-refractivity contribution < 1.29 is 22.3 Å². The lowest BCUT2D eigenvalue weighted by atomic mass is 9.92. The van der Waals surface area contributed by atoms with Gasteiger partial charge in [0.25, 0.3) is 15.9 Å². The van der Waals surface area contributed by atoms with E-state index < -0.39 is 27.9 Å². The lowest BCUT2D eigenvalue weighted by Gasteiger charge is -2.18. The maximum atomic E-state index is 12.9. The Morgan fingerprint density at radius 3 is 2.44 bits per heavy atom. The zero-order chi connectivity index (χ0) is 19.4. The maximum absolute atomic E-state index is 12.9. The van der Waals surface area contributed by atoms with Gasteiger partial charge >= 0.3 is 0 Å². The number of sulfonamides is 1. The number of rotatable bonds is 6. The molecule has 0 radical (unpaired) electrons. The largest absolute Gasteiger partial charge is 0.481 e. The first-order chi connectivity index (χ1) is 12.8. The summed E-state index contributed by atoms with van der Waals surface area (Å²) < 4.78 is 43.1. The average Bonchev–Trinajstić information content (AvgIpc) is 2.67. The van der Waals surface area contributed by atoms with Crippen LogP contribution in [-0.4, -0.2) is 20.4 Å². The molecule has 0 aromatic heterocycles. The molecule has 0 unspecified atom stereocenters. The van der Waals surface area contributed by atoms with Gasteiger partial charge in [0.2, 0.25) is 0 Å². The Bertz CT molecular complexity index is 929. The van der Waals surface area contributed by atoms with Crippen LogP contribution in [0.2, 0.25) is 0 Å². The van der Waals surface area contributed by atoms with Crippen LogP contribution in [0, 0.1) is 5.82 Å². The standard InChI is InChI=1S/C19H21FN2O4S/c1-13(26-17-9-7-16(20)8-10-17)19(23)21-22-27(24,25)18-11-6-14-4-2-3-5-15(14)12-18/h6-13,22H,2-5H2,1H3,(H,21,23)/t13-/m1/s1. The van der Waals surface area contributed by atoms with E-state index in [-0.39, 0.29) is 4.90 Å². The minimum atomic E-state index is -3.89. The van der Waals surface area contributed by atoms with E-state index in [0.717, 1.165) is 31.2 Å². The molecule has 1 aliphatic rings. The van der Waals surface area contributed by atoms with Crippen LogP contribution in [0.25, 0.3) is 0 Å². The van der Waals surface area contributed by atoms with Gasteiger partial charge in [-0.1, -0.05) is 6.07 Å². The van der Waals surface area contributed by atoms with Gasteiger partial charge in [0.15, 0.2) is 6.10 Å². The number of benzene rings is 2. The smallest absolute Gasteiger partial charge is 0.275 e. The fourth-order valence-electron chi connectivity index (χ4n) is 2.93. The monoisotopic (exact) mass is 392 g/mol. The normalized spacial score (nSPS) is 14.9. The molecule has 0 bridgehead atoms. The molecule has 0 fully saturated rings. The Kier molecular flexibility index (Phi) is 5.76. The molecule has 144 valence electrons. The van der Waals surface area contributed by atoms with E-state index in [1.807, 2.05) is 6.07 Å². The minimum absolute atomic E-state index is 0.107. The summed E-state index contributed by atoms with van der Waals surface area (Å²) in [6.45, 7) is 1.46. The van der Waals surface area contributed by atoms with Crippen molar-refractivity contribution in [1.29, 1.82) is 0 Å². The molecule has 2 N–H and O–H groups in total. The summed E-state index contributed by atoms with van der Waals surface area (Å²) >= 11 is 0. The van der Waals surface area contributed by atoms with Crippen molar-refractivity contribution in [3.05, 3.63) is 59.4 Å². The molecule has 27 heavy (non-hydrogen) atoms. The van der Waals surface area contributed by atoms with Crippen molar-refractivity contribution in [2.75, 3.05) is 0 Å². The van der Waals surface area contributed by atoms with Crippen molar-refractivity contribution in [2.24, 2.45) is 0 Å². The molecule has 1 amide bonds. The topological polar surface area (TPSA) is 84.5 Å². The summed E-state index contributed by atoms with van der Waals surface area (Å²) in [5.74, 6) is -0.783. The predicted molar refractivity (Wildman–Crippen MR) is 98.0 cm³/mol. The van der Waals surface area contributed by atoms with Crippen LogP contribution in [0.5, 0.6) is 5.75 Å². The lowest BCUT2D eigenvalue weighted by Crippen LogP contribution is -2.47. The molecule has 1 aliphatic carbocycles. The number of ether oxygens (including phenoxy) is 1. The highest BCUT2D eigenvalue weighted by atomic mass is 32.2. The summed E-state index contributed by atoms with van der Waals surface area (Å²) in [5.41, 5.74) is 4.36. The minimum Gasteiger partial charge on any atom is -0.481 e. The van der Waals surface area contributed by atoms with Gasteiger partial charge in [-0.2, -0.15) is 0 Å². The summed E-state index contributed by atoms with van der Waals surface area (Å²) in [5, 5.41) is 0. The molecule has 3 rings (SSSR count). The van der Waals surface area contributed by atoms with Crippen LogP contribution in [0.4, 0.5) is 4.39 Å². The average molecular weight is 392 g/mol. The first kappa shape index (κ1) is 19.3. The van der Waals surface area contributed by atoms with Gasteiger partial charge in [0.05, 0.1) is 4.90 Å². The quantitative estimate of drug-likeness (QED) is 0.740. The van der Waals surface area contributed by atoms with E-state index in [9.17, 15) is 17.6 Å². The molecule has 1 atom stereocenters. The first-order valence-electron chi connectivity index (χ1n) is 8.71. The van der Waals surface area contributed by atoms with Crippen LogP contribution >= 0.6 is 0 Å². The number of nitrogens with one attached hydrogen (secondary N) is 2. The Morgan fingerprint density at radius 1 is 1.07 bits per heavy atom. The molecule has 0 saturated heterocycles. The van der Waals surface area contributed by atoms with Crippen LogP contribution < -0.4 is 15.0 Å². The van der Waals surface area contributed by atoms with E-state index in [2.05, 4.69) is 10.3 Å². The van der Waals surface area contributed by atoms with Crippen LogP contribution in [0.1, 0.15) is 30.9 Å². The zero-order valence-corrected chi connectivity index (χ0v) is 15.7. The Morgan fingerprint density at radius 2 is 1.74 bits per heavy atom. The highest BCUT2D eigenvalue weighted by Crippen LogP contribution is 2.23. The third kappa shape index (κ3) is 4.84. The summed E-state index contributed by atoms with van der Waals surface area (Å²) in [6, 6.07) is 10.2. The third-order valence-electron chi connectivity index (χ3n) is 4.43. The Balaban J connectivity index is 1.60. The number of carbonyl (C=O) groups excluding carboxylic acids is 1. The lowest BCUT2D eigenvalue weighted by molar-refractivity contribution is -0.127. The predicted octanol–water partition coefficient (Wildman–Crippen LogP) is 2.48. The van der Waals surface area contributed by atoms with Crippen LogP contribution in [0.15, 0.2) is 47.4 Å². The number of aryl methyl sites for hydroxylation is 2. The molecular weight excluding hydrogens is 371 g/mol. The molecular formula is C19H21FN2O4S. The Labute approximate surface area is 157 Å². The van der Waals surface area contributed by atoms with Crippen molar-refractivity contribution in [2.45, 2.75) is 43.6 Å². The molecule has 0 spiro atoms. The van der Waals surface area contributed by atoms with Gasteiger partial charge in [-0.3, -0.25) is 10.2 Å². The second kappa shape index (κ2) is 8.06. The van der Waals surface area contributed by atoms with Crippen molar-refractivity contribution in [3.8, 4) is 5.75 Å². The third-order valence-corrected chi connectivity index (χ3v) is 5.68. The molecule has 6 nitrogen and oxygen atoms in total. The van der Waals surface area contributed by atoms with Gasteiger partial charge in [0, 0.05) is 0 Å². The molecule has 0 aliphatic heterocycles. The molecule has 2 aromatic rings. The van der Waals surface area contributed by atoms with E-state index >= 15 is 0 Å². The zero-order valence-electron chi connectivity index (χ0n) is 14.9. The fourth-order valence-corrected chi connectivity index (χ4v) is 3.82. The van der Waals surface area contributed by atoms with E-state index in [1.54, 1.807) is 6.07 Å². The van der Waals surface area contributed by atoms with Crippen LogP contribution in [-0.2, 0) is 27.7 Å². The van der Waals surface area contributed by atoms with Crippen molar-refractivity contribution in [1.82, 2.24) is 10.3 Å². The second-order valence-corrected chi connectivity index (χ2v) is 8.13. The van der Waals surface area contributed by atoms with Gasteiger partial charge in [-0.15, -0.1) is 4.83 Å². The number of halogens is 1. The Hall–Kier alpha value is -2.45. The number of hydrogen-bond donors (Lipinski definition) is 2. The SMILES string of the molecule is C[C@@H](Oc1ccc(F)cc1)C(=O)NNS(=O)(=O)c1ccc2c(c1)CCCC2. The number of hydrogen-bond acceptors (Lipinski definition) is 4. The van der Waals surface area contributed by atoms with Crippen molar-refractivity contribution >= 4 is 15.9 Å². The first-order valence-corrected chi connectivity index (χ1v) is 10.2.